The molecule has 0 atom stereocenters. The number of hydrogen-bond acceptors (Lipinski definition) is 4. The summed E-state index contributed by atoms with van der Waals surface area (Å²) in [5.41, 5.74) is 3.06. The molecule has 142 valence electrons. The Hall–Kier alpha value is -1.92. The van der Waals surface area contributed by atoms with E-state index in [4.69, 9.17) is 0 Å². The molecule has 0 aromatic heterocycles. The number of para-hydroxylation sites is 1. The van der Waals surface area contributed by atoms with Crippen LogP contribution >= 0.6 is 0 Å². The first-order valence-electron chi connectivity index (χ1n) is 9.63. The summed E-state index contributed by atoms with van der Waals surface area (Å²) >= 11 is 0. The quantitative estimate of drug-likeness (QED) is 0.776. The normalized spacial score (nSPS) is 17.4. The molecule has 1 aromatic rings. The highest BCUT2D eigenvalue weighted by atomic mass is 16.2. The average Bonchev–Trinajstić information content (AvgIpc) is 3.47. The first-order valence-corrected chi connectivity index (χ1v) is 9.63. The van der Waals surface area contributed by atoms with Gasteiger partial charge in [-0.05, 0) is 37.8 Å². The van der Waals surface area contributed by atoms with Gasteiger partial charge < -0.3 is 15.5 Å². The Morgan fingerprint density at radius 2 is 1.85 bits per heavy atom. The first-order chi connectivity index (χ1) is 12.5. The van der Waals surface area contributed by atoms with E-state index in [0.717, 1.165) is 55.8 Å². The Labute approximate surface area is 155 Å². The Bertz CT molecular complexity index is 631. The van der Waals surface area contributed by atoms with Crippen molar-refractivity contribution in [2.45, 2.75) is 39.2 Å². The molecule has 0 unspecified atom stereocenters. The highest BCUT2D eigenvalue weighted by Crippen LogP contribution is 2.27. The van der Waals surface area contributed by atoms with Gasteiger partial charge in [0, 0.05) is 50.9 Å². The molecule has 2 fully saturated rings. The molecule has 1 saturated carbocycles. The monoisotopic (exact) mass is 358 g/mol. The van der Waals surface area contributed by atoms with E-state index in [9.17, 15) is 9.59 Å². The number of aryl methyl sites for hydroxylation is 2. The zero-order valence-corrected chi connectivity index (χ0v) is 15.9. The van der Waals surface area contributed by atoms with Crippen molar-refractivity contribution in [3.05, 3.63) is 29.3 Å². The van der Waals surface area contributed by atoms with Crippen molar-refractivity contribution < 1.29 is 9.59 Å². The van der Waals surface area contributed by atoms with Crippen LogP contribution in [0, 0.1) is 13.8 Å². The van der Waals surface area contributed by atoms with Crippen LogP contribution in [0.25, 0.3) is 0 Å². The summed E-state index contributed by atoms with van der Waals surface area (Å²) in [6.45, 7) is 8.35. The van der Waals surface area contributed by atoms with Gasteiger partial charge in [-0.1, -0.05) is 18.2 Å². The van der Waals surface area contributed by atoms with Gasteiger partial charge in [-0.3, -0.25) is 14.5 Å². The number of anilines is 1. The minimum absolute atomic E-state index is 0.00363. The van der Waals surface area contributed by atoms with Crippen LogP contribution in [0.15, 0.2) is 18.2 Å². The molecule has 3 rings (SSSR count). The van der Waals surface area contributed by atoms with Gasteiger partial charge >= 0.3 is 0 Å². The molecule has 0 radical (unpaired) electrons. The largest absolute Gasteiger partial charge is 0.340 e. The molecule has 1 aromatic carbocycles. The molecule has 2 N–H and O–H groups in total. The van der Waals surface area contributed by atoms with Crippen LogP contribution in [0.1, 0.15) is 30.4 Å². The van der Waals surface area contributed by atoms with Crippen molar-refractivity contribution in [1.82, 2.24) is 15.1 Å². The molecule has 6 nitrogen and oxygen atoms in total. The Balaban J connectivity index is 1.51. The Morgan fingerprint density at radius 3 is 2.46 bits per heavy atom. The van der Waals surface area contributed by atoms with Crippen LogP contribution in [0.5, 0.6) is 0 Å². The number of nitrogens with one attached hydrogen (secondary N) is 2. The molecule has 1 aliphatic carbocycles. The van der Waals surface area contributed by atoms with Gasteiger partial charge in [-0.15, -0.1) is 0 Å². The van der Waals surface area contributed by atoms with Crippen molar-refractivity contribution in [2.75, 3.05) is 44.6 Å². The lowest BCUT2D eigenvalue weighted by atomic mass is 10.1. The first kappa shape index (κ1) is 18.9. The lowest BCUT2D eigenvalue weighted by molar-refractivity contribution is -0.132. The zero-order valence-electron chi connectivity index (χ0n) is 15.9. The second-order valence-corrected chi connectivity index (χ2v) is 7.40. The molecule has 1 aliphatic heterocycles. The van der Waals surface area contributed by atoms with E-state index in [1.807, 2.05) is 36.9 Å². The minimum atomic E-state index is 0.00363. The Morgan fingerprint density at radius 1 is 1.19 bits per heavy atom. The summed E-state index contributed by atoms with van der Waals surface area (Å²) in [6.07, 6.45) is 2.74. The maximum atomic E-state index is 12.5. The predicted octanol–water partition coefficient (Wildman–Crippen LogP) is 1.53. The molecule has 2 amide bonds. The fraction of sp³-hybridized carbons (Fsp3) is 0.600. The number of rotatable bonds is 7. The number of carbonyl (C=O) groups excluding carboxylic acids is 2. The molecule has 1 heterocycles. The summed E-state index contributed by atoms with van der Waals surface area (Å²) in [4.78, 5) is 29.0. The van der Waals surface area contributed by atoms with Gasteiger partial charge in [0.2, 0.25) is 11.8 Å². The highest BCUT2D eigenvalue weighted by molar-refractivity contribution is 5.93. The standard InChI is InChI=1S/C20H30N4O2/c1-15-4-3-5-16(2)20(15)22-18(25)14-24(17-6-7-17)11-8-19(26)23-12-9-21-10-13-23/h3-5,17,21H,6-14H2,1-2H3,(H,22,25). The fourth-order valence-electron chi connectivity index (χ4n) is 3.52. The van der Waals surface area contributed by atoms with E-state index in [0.29, 0.717) is 25.6 Å². The number of amides is 2. The fourth-order valence-corrected chi connectivity index (χ4v) is 3.52. The van der Waals surface area contributed by atoms with E-state index < -0.39 is 0 Å². The second kappa shape index (κ2) is 8.64. The minimum Gasteiger partial charge on any atom is -0.340 e. The third kappa shape index (κ3) is 5.05. The summed E-state index contributed by atoms with van der Waals surface area (Å²) in [7, 11) is 0. The summed E-state index contributed by atoms with van der Waals surface area (Å²) in [6, 6.07) is 6.47. The van der Waals surface area contributed by atoms with Crippen molar-refractivity contribution in [2.24, 2.45) is 0 Å². The van der Waals surface area contributed by atoms with Crippen LogP contribution in [0.4, 0.5) is 5.69 Å². The Kier molecular flexibility index (Phi) is 6.27. The van der Waals surface area contributed by atoms with Crippen molar-refractivity contribution in [1.29, 1.82) is 0 Å². The van der Waals surface area contributed by atoms with Crippen LogP contribution in [-0.2, 0) is 9.59 Å². The molecular weight excluding hydrogens is 328 g/mol. The number of nitrogens with zero attached hydrogens (tertiary/aromatic N) is 2. The smallest absolute Gasteiger partial charge is 0.238 e. The second-order valence-electron chi connectivity index (χ2n) is 7.40. The summed E-state index contributed by atoms with van der Waals surface area (Å²) in [5.74, 6) is 0.205. The third-order valence-corrected chi connectivity index (χ3v) is 5.24. The van der Waals surface area contributed by atoms with E-state index in [2.05, 4.69) is 15.5 Å². The van der Waals surface area contributed by atoms with E-state index in [-0.39, 0.29) is 11.8 Å². The molecule has 0 bridgehead atoms. The van der Waals surface area contributed by atoms with Crippen molar-refractivity contribution >= 4 is 17.5 Å². The SMILES string of the molecule is Cc1cccc(C)c1NC(=O)CN(CCC(=O)N1CCNCC1)C1CC1. The average molecular weight is 358 g/mol. The lowest BCUT2D eigenvalue weighted by Crippen LogP contribution is -2.47. The number of carbonyl (C=O) groups is 2. The van der Waals surface area contributed by atoms with Crippen molar-refractivity contribution in [3.63, 3.8) is 0 Å². The maximum Gasteiger partial charge on any atom is 0.238 e. The number of piperazine rings is 1. The van der Waals surface area contributed by atoms with Gasteiger partial charge in [-0.25, -0.2) is 0 Å². The zero-order chi connectivity index (χ0) is 18.5. The number of hydrogen-bond donors (Lipinski definition) is 2. The molecule has 2 aliphatic rings. The highest BCUT2D eigenvalue weighted by Gasteiger charge is 2.31. The van der Waals surface area contributed by atoms with Gasteiger partial charge in [0.05, 0.1) is 6.54 Å². The van der Waals surface area contributed by atoms with Crippen molar-refractivity contribution in [3.8, 4) is 0 Å². The third-order valence-electron chi connectivity index (χ3n) is 5.24. The van der Waals surface area contributed by atoms with Gasteiger partial charge in [0.25, 0.3) is 0 Å². The van der Waals surface area contributed by atoms with E-state index in [1.165, 1.54) is 0 Å². The van der Waals surface area contributed by atoms with Gasteiger partial charge in [0.15, 0.2) is 0 Å². The number of benzene rings is 1. The van der Waals surface area contributed by atoms with Gasteiger partial charge in [-0.2, -0.15) is 0 Å². The summed E-state index contributed by atoms with van der Waals surface area (Å²) < 4.78 is 0. The topological polar surface area (TPSA) is 64.7 Å². The molecular formula is C20H30N4O2. The van der Waals surface area contributed by atoms with E-state index >= 15 is 0 Å². The van der Waals surface area contributed by atoms with Crippen LogP contribution in [0.2, 0.25) is 0 Å². The lowest BCUT2D eigenvalue weighted by Gasteiger charge is -2.29. The van der Waals surface area contributed by atoms with Crippen LogP contribution < -0.4 is 10.6 Å². The predicted molar refractivity (Wildman–Crippen MR) is 103 cm³/mol. The van der Waals surface area contributed by atoms with Crippen LogP contribution in [-0.4, -0.2) is 66.9 Å². The van der Waals surface area contributed by atoms with E-state index in [1.54, 1.807) is 0 Å². The molecule has 6 heteroatoms. The molecule has 1 saturated heterocycles. The molecule has 26 heavy (non-hydrogen) atoms. The summed E-state index contributed by atoms with van der Waals surface area (Å²) in [5, 5.41) is 6.32. The molecule has 0 spiro atoms. The van der Waals surface area contributed by atoms with Crippen LogP contribution in [0.3, 0.4) is 0 Å². The van der Waals surface area contributed by atoms with Gasteiger partial charge in [0.1, 0.15) is 0 Å². The maximum absolute atomic E-state index is 12.5.